The summed E-state index contributed by atoms with van der Waals surface area (Å²) >= 11 is 0. The van der Waals surface area contributed by atoms with E-state index in [0.717, 1.165) is 83.5 Å². The topological polar surface area (TPSA) is 307 Å². The van der Waals surface area contributed by atoms with Crippen LogP contribution in [0.5, 0.6) is 0 Å². The molecule has 0 radical (unpaired) electrons. The molecule has 17 unspecified atom stereocenters. The zero-order valence-corrected chi connectivity index (χ0v) is 55.6. The van der Waals surface area contributed by atoms with Crippen molar-refractivity contribution in [1.29, 1.82) is 0 Å². The fraction of sp³-hybridized carbons (Fsp3) is 0.873. The lowest BCUT2D eigenvalue weighted by molar-refractivity contribution is -0.379. The van der Waals surface area contributed by atoms with Crippen LogP contribution in [-0.2, 0) is 33.2 Å². The van der Waals surface area contributed by atoms with Crippen molar-refractivity contribution in [2.45, 2.75) is 369 Å². The lowest BCUT2D eigenvalue weighted by Gasteiger charge is -2.48. The summed E-state index contributed by atoms with van der Waals surface area (Å²) in [4.78, 5) is 13.4. The highest BCUT2D eigenvalue weighted by Crippen LogP contribution is 2.33. The van der Waals surface area contributed by atoms with Crippen molar-refractivity contribution in [3.63, 3.8) is 0 Å². The molecule has 0 aromatic carbocycles. The molecule has 1 amide bonds. The van der Waals surface area contributed by atoms with Gasteiger partial charge in [0.2, 0.25) is 5.91 Å². The number of carbonyl (C=O) groups is 1. The summed E-state index contributed by atoms with van der Waals surface area (Å²) < 4.78 is 34.4. The van der Waals surface area contributed by atoms with E-state index in [1.807, 2.05) is 6.08 Å². The molecule has 0 saturated carbocycles. The molecule has 3 aliphatic rings. The first-order chi connectivity index (χ1) is 43.8. The number of aliphatic hydroxyl groups is 11. The van der Waals surface area contributed by atoms with E-state index in [-0.39, 0.29) is 18.9 Å². The van der Waals surface area contributed by atoms with Gasteiger partial charge in [0, 0.05) is 6.42 Å². The minimum absolute atomic E-state index is 0.228. The van der Waals surface area contributed by atoms with E-state index in [1.165, 1.54) is 154 Å². The van der Waals surface area contributed by atoms with E-state index in [9.17, 15) is 61.0 Å². The van der Waals surface area contributed by atoms with Crippen molar-refractivity contribution in [1.82, 2.24) is 5.32 Å². The number of rotatable bonds is 55. The summed E-state index contributed by atoms with van der Waals surface area (Å²) in [5.74, 6) is -0.287. The van der Waals surface area contributed by atoms with Crippen molar-refractivity contribution in [3.8, 4) is 0 Å². The van der Waals surface area contributed by atoms with E-state index >= 15 is 0 Å². The van der Waals surface area contributed by atoms with Gasteiger partial charge < -0.3 is 89.9 Å². The first-order valence-corrected chi connectivity index (χ1v) is 35.9. The summed E-state index contributed by atoms with van der Waals surface area (Å²) in [7, 11) is 0. The average Bonchev–Trinajstić information content (AvgIpc) is 0.846. The highest BCUT2D eigenvalue weighted by Gasteiger charge is 2.53. The van der Waals surface area contributed by atoms with Crippen molar-refractivity contribution in [2.75, 3.05) is 26.4 Å². The maximum absolute atomic E-state index is 13.4. The van der Waals surface area contributed by atoms with Crippen LogP contribution >= 0.6 is 0 Å². The van der Waals surface area contributed by atoms with Crippen LogP contribution in [0.2, 0.25) is 0 Å². The fourth-order valence-corrected chi connectivity index (χ4v) is 12.0. The van der Waals surface area contributed by atoms with Crippen LogP contribution in [-0.4, -0.2) is 193 Å². The number of amides is 1. The Bertz CT molecular complexity index is 1820. The molecule has 0 bridgehead atoms. The summed E-state index contributed by atoms with van der Waals surface area (Å²) in [6, 6.07) is -0.982. The number of nitrogens with one attached hydrogen (secondary N) is 1. The third kappa shape index (κ3) is 34.4. The molecular formula is C71H129NO18. The molecule has 3 rings (SSSR count). The molecule has 19 heteroatoms. The third-order valence-electron chi connectivity index (χ3n) is 17.9. The smallest absolute Gasteiger partial charge is 0.220 e. The number of unbranched alkanes of at least 4 members (excludes halogenated alkanes) is 33. The zero-order chi connectivity index (χ0) is 65.4. The Morgan fingerprint density at radius 3 is 1.17 bits per heavy atom. The molecule has 3 saturated heterocycles. The Morgan fingerprint density at radius 2 is 0.733 bits per heavy atom. The van der Waals surface area contributed by atoms with Gasteiger partial charge in [0.15, 0.2) is 18.9 Å². The number of hydrogen-bond acceptors (Lipinski definition) is 18. The monoisotopic (exact) mass is 1280 g/mol. The van der Waals surface area contributed by atoms with Crippen LogP contribution in [0.4, 0.5) is 0 Å². The Kier molecular flexibility index (Phi) is 48.2. The summed E-state index contributed by atoms with van der Waals surface area (Å²) in [6.07, 6.45) is 36.5. The molecule has 0 aliphatic carbocycles. The molecule has 12 N–H and O–H groups in total. The number of hydrogen-bond donors (Lipinski definition) is 12. The molecule has 3 fully saturated rings. The van der Waals surface area contributed by atoms with E-state index in [4.69, 9.17) is 28.4 Å². The maximum atomic E-state index is 13.4. The molecule has 3 heterocycles. The largest absolute Gasteiger partial charge is 0.394 e. The maximum Gasteiger partial charge on any atom is 0.220 e. The van der Waals surface area contributed by atoms with Gasteiger partial charge in [-0.05, 0) is 57.8 Å². The highest BCUT2D eigenvalue weighted by molar-refractivity contribution is 5.76. The number of aliphatic hydroxyl groups excluding tert-OH is 11. The first-order valence-electron chi connectivity index (χ1n) is 35.9. The Balaban J connectivity index is 1.43. The normalized spacial score (nSPS) is 28.3. The molecule has 3 aliphatic heterocycles. The molecule has 17 atom stereocenters. The molecule has 0 aromatic heterocycles. The van der Waals surface area contributed by atoms with E-state index < -0.39 is 124 Å². The van der Waals surface area contributed by atoms with Gasteiger partial charge in [-0.3, -0.25) is 4.79 Å². The highest BCUT2D eigenvalue weighted by atomic mass is 16.8. The van der Waals surface area contributed by atoms with Crippen molar-refractivity contribution in [2.24, 2.45) is 0 Å². The standard InChI is InChI=1S/C71H129NO18/c1-3-5-7-9-11-13-15-17-19-21-23-24-25-26-27-28-29-31-32-34-36-38-40-42-44-46-48-55(76)54(72-59(77)49-47-45-43-41-39-37-35-33-30-22-20-18-16-14-12-10-8-6-4-2)53-85-69-65(83)62(80)67(57(51-74)87-69)90-71-66(84)63(81)68(58(52-75)88-71)89-70-64(82)61(79)60(78)56(50-73)86-70/h12,14,18,20,30,33,46,48,54-58,60-71,73-76,78-84H,3-11,13,15-17,19,21-29,31-32,34-45,47,49-53H2,1-2H3,(H,72,77)/b14-12-,20-18-,33-30-,48-46+. The number of allylic oxidation sites excluding steroid dienone is 7. The van der Waals surface area contributed by atoms with Gasteiger partial charge in [0.25, 0.3) is 0 Å². The van der Waals surface area contributed by atoms with Crippen LogP contribution < -0.4 is 5.32 Å². The van der Waals surface area contributed by atoms with Crippen LogP contribution in [0.3, 0.4) is 0 Å². The van der Waals surface area contributed by atoms with Crippen LogP contribution in [0.1, 0.15) is 264 Å². The fourth-order valence-electron chi connectivity index (χ4n) is 12.0. The SMILES string of the molecule is CCCCC/C=C\C/C=C\C/C=C\CCCCCCCCC(=O)NC(COC1OC(CO)C(OC2OC(CO)C(OC3OC(CO)C(O)C(O)C3O)C(O)C2O)C(O)C1O)C(O)/C=C/CCCCCCCCCCCCCCCCCCCCCCCCCC. The molecule has 0 aromatic rings. The van der Waals surface area contributed by atoms with Crippen molar-refractivity contribution >= 4 is 5.91 Å². The summed E-state index contributed by atoms with van der Waals surface area (Å²) in [5.41, 5.74) is 0. The molecule has 90 heavy (non-hydrogen) atoms. The quantitative estimate of drug-likeness (QED) is 0.0199. The third-order valence-corrected chi connectivity index (χ3v) is 17.9. The molecule has 19 nitrogen and oxygen atoms in total. The zero-order valence-electron chi connectivity index (χ0n) is 55.6. The second kappa shape index (κ2) is 53.0. The van der Waals surface area contributed by atoms with Gasteiger partial charge >= 0.3 is 0 Å². The Morgan fingerprint density at radius 1 is 0.400 bits per heavy atom. The van der Waals surface area contributed by atoms with E-state index in [1.54, 1.807) is 6.08 Å². The minimum atomic E-state index is -1.98. The van der Waals surface area contributed by atoms with Gasteiger partial charge in [-0.1, -0.05) is 249 Å². The Labute approximate surface area is 542 Å². The van der Waals surface area contributed by atoms with Crippen LogP contribution in [0.25, 0.3) is 0 Å². The van der Waals surface area contributed by atoms with Crippen molar-refractivity contribution in [3.05, 3.63) is 48.6 Å². The number of carbonyl (C=O) groups excluding carboxylic acids is 1. The van der Waals surface area contributed by atoms with Gasteiger partial charge in [-0.15, -0.1) is 0 Å². The summed E-state index contributed by atoms with van der Waals surface area (Å²) in [5, 5.41) is 121. The summed E-state index contributed by atoms with van der Waals surface area (Å²) in [6.45, 7) is 1.72. The Hall–Kier alpha value is -2.25. The number of ether oxygens (including phenoxy) is 6. The van der Waals surface area contributed by atoms with E-state index in [2.05, 4.69) is 55.6 Å². The minimum Gasteiger partial charge on any atom is -0.394 e. The second-order valence-electron chi connectivity index (χ2n) is 25.7. The molecular weight excluding hydrogens is 1150 g/mol. The van der Waals surface area contributed by atoms with Gasteiger partial charge in [0.05, 0.1) is 38.6 Å². The molecule has 526 valence electrons. The lowest BCUT2D eigenvalue weighted by atomic mass is 9.96. The van der Waals surface area contributed by atoms with E-state index in [0.29, 0.717) is 6.42 Å². The predicted molar refractivity (Wildman–Crippen MR) is 351 cm³/mol. The van der Waals surface area contributed by atoms with Gasteiger partial charge in [0.1, 0.15) is 73.2 Å². The van der Waals surface area contributed by atoms with Gasteiger partial charge in [-0.25, -0.2) is 0 Å². The molecule has 0 spiro atoms. The second-order valence-corrected chi connectivity index (χ2v) is 25.7. The van der Waals surface area contributed by atoms with Crippen molar-refractivity contribution < 1.29 is 89.4 Å². The van der Waals surface area contributed by atoms with Crippen LogP contribution in [0.15, 0.2) is 48.6 Å². The lowest BCUT2D eigenvalue weighted by Crippen LogP contribution is -2.66. The first kappa shape index (κ1) is 82.0. The average molecular weight is 1280 g/mol. The predicted octanol–water partition coefficient (Wildman–Crippen LogP) is 9.78. The van der Waals surface area contributed by atoms with Gasteiger partial charge in [-0.2, -0.15) is 0 Å². The van der Waals surface area contributed by atoms with Crippen LogP contribution in [0, 0.1) is 0 Å².